The molecule has 0 radical (unpaired) electrons. The van der Waals surface area contributed by atoms with E-state index < -0.39 is 41.3 Å². The standard InChI is InChI=1S/C23H24F3NO6/c1-11(28)31-15-6-4-12-10-14-13-5-7-16(32-20(29)21(2,30)23(24,25)26)19-22(13,8-9-27(14)3)17(12)18(15)33-19/h4-7,13-14,16,19,30H,8-10H2,1-3H3/t13-,14+,16-,19-,21?,22-/m0/s1. The van der Waals surface area contributed by atoms with Crippen LogP contribution in [0.1, 0.15) is 31.4 Å². The second-order valence-corrected chi connectivity index (χ2v) is 9.45. The number of benzene rings is 1. The molecule has 33 heavy (non-hydrogen) atoms. The van der Waals surface area contributed by atoms with E-state index in [0.29, 0.717) is 25.6 Å². The summed E-state index contributed by atoms with van der Waals surface area (Å²) in [4.78, 5) is 26.3. The third-order valence-electron chi connectivity index (χ3n) is 7.56. The van der Waals surface area contributed by atoms with Crippen LogP contribution in [-0.2, 0) is 26.2 Å². The first-order valence-corrected chi connectivity index (χ1v) is 10.8. The summed E-state index contributed by atoms with van der Waals surface area (Å²) in [5.74, 6) is -1.75. The molecule has 0 aromatic heterocycles. The van der Waals surface area contributed by atoms with Crippen LogP contribution in [-0.4, -0.2) is 65.6 Å². The summed E-state index contributed by atoms with van der Waals surface area (Å²) in [6, 6.07) is 3.68. The number of likely N-dealkylation sites (N-methyl/N-ethyl adjacent to an activating group) is 1. The van der Waals surface area contributed by atoms with E-state index in [9.17, 15) is 27.9 Å². The molecule has 5 rings (SSSR count). The number of esters is 2. The van der Waals surface area contributed by atoms with Crippen molar-refractivity contribution in [1.29, 1.82) is 0 Å². The number of carbonyl (C=O) groups is 2. The third kappa shape index (κ3) is 2.96. The highest BCUT2D eigenvalue weighted by molar-refractivity contribution is 5.80. The number of piperidine rings is 1. The number of carbonyl (C=O) groups excluding carboxylic acids is 2. The Hall–Kier alpha value is -2.59. The second-order valence-electron chi connectivity index (χ2n) is 9.45. The topological polar surface area (TPSA) is 85.3 Å². The molecule has 178 valence electrons. The van der Waals surface area contributed by atoms with E-state index in [0.717, 1.165) is 17.5 Å². The van der Waals surface area contributed by atoms with Crippen molar-refractivity contribution in [1.82, 2.24) is 4.90 Å². The van der Waals surface area contributed by atoms with Crippen LogP contribution < -0.4 is 9.47 Å². The lowest BCUT2D eigenvalue weighted by Gasteiger charge is -2.56. The summed E-state index contributed by atoms with van der Waals surface area (Å²) < 4.78 is 56.5. The monoisotopic (exact) mass is 467 g/mol. The maximum absolute atomic E-state index is 13.2. The van der Waals surface area contributed by atoms with Crippen molar-refractivity contribution in [2.24, 2.45) is 5.92 Å². The first-order valence-electron chi connectivity index (χ1n) is 10.8. The number of hydrogen-bond donors (Lipinski definition) is 1. The molecule has 2 aliphatic heterocycles. The van der Waals surface area contributed by atoms with Crippen LogP contribution in [0.2, 0.25) is 0 Å². The number of ether oxygens (including phenoxy) is 3. The van der Waals surface area contributed by atoms with Gasteiger partial charge in [0.2, 0.25) is 0 Å². The molecule has 2 bridgehead atoms. The molecule has 2 aliphatic carbocycles. The maximum atomic E-state index is 13.2. The van der Waals surface area contributed by atoms with Crippen molar-refractivity contribution in [2.45, 2.75) is 62.1 Å². The SMILES string of the molecule is CC(=O)Oc1ccc2c3c1O[C@H]1[C@@H](OC(=O)C(C)(O)C(F)(F)F)C=C[C@H]4[C@@H](C2)N(C)CC[C@@]341. The Morgan fingerprint density at radius 2 is 2.00 bits per heavy atom. The van der Waals surface area contributed by atoms with E-state index in [1.165, 1.54) is 6.92 Å². The zero-order chi connectivity index (χ0) is 23.9. The van der Waals surface area contributed by atoms with Crippen molar-refractivity contribution >= 4 is 11.9 Å². The van der Waals surface area contributed by atoms with Crippen LogP contribution in [0, 0.1) is 5.92 Å². The Morgan fingerprint density at radius 1 is 1.27 bits per heavy atom. The van der Waals surface area contributed by atoms with Crippen LogP contribution in [0.3, 0.4) is 0 Å². The van der Waals surface area contributed by atoms with Gasteiger partial charge in [-0.25, -0.2) is 4.79 Å². The van der Waals surface area contributed by atoms with E-state index in [-0.39, 0.29) is 17.7 Å². The molecule has 1 saturated heterocycles. The molecule has 2 heterocycles. The molecule has 10 heteroatoms. The van der Waals surface area contributed by atoms with Crippen LogP contribution in [0.25, 0.3) is 0 Å². The predicted molar refractivity (Wildman–Crippen MR) is 108 cm³/mol. The lowest BCUT2D eigenvalue weighted by molar-refractivity contribution is -0.259. The summed E-state index contributed by atoms with van der Waals surface area (Å²) in [5.41, 5.74) is -2.43. The van der Waals surface area contributed by atoms with Crippen LogP contribution in [0.5, 0.6) is 11.5 Å². The van der Waals surface area contributed by atoms with Crippen molar-refractivity contribution in [3.8, 4) is 11.5 Å². The van der Waals surface area contributed by atoms with Crippen molar-refractivity contribution < 1.29 is 42.1 Å². The minimum absolute atomic E-state index is 0.0272. The van der Waals surface area contributed by atoms with Gasteiger partial charge in [0.1, 0.15) is 6.10 Å². The number of rotatable bonds is 3. The fourth-order valence-electron chi connectivity index (χ4n) is 5.90. The first kappa shape index (κ1) is 22.2. The molecule has 4 aliphatic rings. The lowest BCUT2D eigenvalue weighted by atomic mass is 9.53. The molecule has 1 aromatic rings. The number of nitrogens with zero attached hydrogens (tertiary/aromatic N) is 1. The molecular weight excluding hydrogens is 443 g/mol. The molecule has 1 fully saturated rings. The molecule has 1 aromatic carbocycles. The number of halogens is 3. The van der Waals surface area contributed by atoms with E-state index in [1.807, 2.05) is 19.2 Å². The van der Waals surface area contributed by atoms with Crippen molar-refractivity contribution in [3.05, 3.63) is 35.4 Å². The Bertz CT molecular complexity index is 1070. The van der Waals surface area contributed by atoms with Gasteiger partial charge in [-0.15, -0.1) is 0 Å². The van der Waals surface area contributed by atoms with Gasteiger partial charge in [0.05, 0.1) is 0 Å². The molecule has 1 spiro atoms. The van der Waals surface area contributed by atoms with Gasteiger partial charge in [0.25, 0.3) is 5.60 Å². The molecule has 1 N–H and O–H groups in total. The van der Waals surface area contributed by atoms with Gasteiger partial charge in [0, 0.05) is 29.9 Å². The summed E-state index contributed by atoms with van der Waals surface area (Å²) >= 11 is 0. The van der Waals surface area contributed by atoms with E-state index >= 15 is 0 Å². The Balaban J connectivity index is 1.60. The van der Waals surface area contributed by atoms with Crippen LogP contribution in [0.4, 0.5) is 13.2 Å². The van der Waals surface area contributed by atoms with Gasteiger partial charge in [-0.3, -0.25) is 4.79 Å². The quantitative estimate of drug-likeness (QED) is 0.415. The second kappa shape index (κ2) is 6.96. The van der Waals surface area contributed by atoms with Crippen LogP contribution in [0.15, 0.2) is 24.3 Å². The molecule has 1 unspecified atom stereocenters. The van der Waals surface area contributed by atoms with Crippen molar-refractivity contribution in [2.75, 3.05) is 13.6 Å². The van der Waals surface area contributed by atoms with Gasteiger partial charge in [0.15, 0.2) is 17.6 Å². The Labute approximate surface area is 188 Å². The molecule has 7 nitrogen and oxygen atoms in total. The van der Waals surface area contributed by atoms with Crippen molar-refractivity contribution in [3.63, 3.8) is 0 Å². The molecular formula is C23H24F3NO6. The largest absolute Gasteiger partial charge is 0.481 e. The third-order valence-corrected chi connectivity index (χ3v) is 7.56. The zero-order valence-electron chi connectivity index (χ0n) is 18.3. The minimum Gasteiger partial charge on any atom is -0.481 e. The summed E-state index contributed by atoms with van der Waals surface area (Å²) in [6.45, 7) is 2.36. The molecule has 0 saturated carbocycles. The number of likely N-dealkylation sites (tertiary alicyclic amines) is 1. The fourth-order valence-corrected chi connectivity index (χ4v) is 5.90. The normalized spacial score (nSPS) is 33.5. The first-order chi connectivity index (χ1) is 15.4. The summed E-state index contributed by atoms with van der Waals surface area (Å²) in [7, 11) is 2.03. The highest BCUT2D eigenvalue weighted by atomic mass is 19.4. The number of aliphatic hydroxyl groups is 1. The van der Waals surface area contributed by atoms with Gasteiger partial charge in [-0.1, -0.05) is 12.1 Å². The summed E-state index contributed by atoms with van der Waals surface area (Å²) in [6.07, 6.45) is -2.38. The van der Waals surface area contributed by atoms with E-state index in [4.69, 9.17) is 14.2 Å². The number of alkyl halides is 3. The van der Waals surface area contributed by atoms with Gasteiger partial charge in [-0.05, 0) is 51.1 Å². The van der Waals surface area contributed by atoms with Gasteiger partial charge in [-0.2, -0.15) is 13.2 Å². The predicted octanol–water partition coefficient (Wildman–Crippen LogP) is 2.28. The Kier molecular flexibility index (Phi) is 4.68. The maximum Gasteiger partial charge on any atom is 0.427 e. The highest BCUT2D eigenvalue weighted by Crippen LogP contribution is 2.62. The highest BCUT2D eigenvalue weighted by Gasteiger charge is 2.66. The minimum atomic E-state index is -5.19. The zero-order valence-corrected chi connectivity index (χ0v) is 18.3. The molecule has 6 atom stereocenters. The van der Waals surface area contributed by atoms with Gasteiger partial charge >= 0.3 is 18.1 Å². The van der Waals surface area contributed by atoms with Crippen LogP contribution >= 0.6 is 0 Å². The number of hydrogen-bond acceptors (Lipinski definition) is 7. The average molecular weight is 467 g/mol. The average Bonchev–Trinajstić information content (AvgIpc) is 3.07. The Morgan fingerprint density at radius 3 is 2.67 bits per heavy atom. The van der Waals surface area contributed by atoms with Gasteiger partial charge < -0.3 is 24.2 Å². The fraction of sp³-hybridized carbons (Fsp3) is 0.565. The summed E-state index contributed by atoms with van der Waals surface area (Å²) in [5, 5.41) is 9.80. The smallest absolute Gasteiger partial charge is 0.427 e. The van der Waals surface area contributed by atoms with E-state index in [1.54, 1.807) is 12.1 Å². The molecule has 0 amide bonds. The lowest BCUT2D eigenvalue weighted by Crippen LogP contribution is -2.65. The van der Waals surface area contributed by atoms with E-state index in [2.05, 4.69) is 4.90 Å².